The maximum Gasteiger partial charge on any atom is 0.416 e. The van der Waals surface area contributed by atoms with Crippen molar-refractivity contribution >= 4 is 0 Å². The van der Waals surface area contributed by atoms with Crippen molar-refractivity contribution in [3.8, 4) is 11.3 Å². The Kier molecular flexibility index (Phi) is 4.13. The molecule has 0 aliphatic carbocycles. The average molecular weight is 283 g/mol. The highest BCUT2D eigenvalue weighted by Crippen LogP contribution is 2.31. The molecule has 1 aromatic heterocycles. The summed E-state index contributed by atoms with van der Waals surface area (Å²) in [4.78, 5) is 0. The lowest BCUT2D eigenvalue weighted by Gasteiger charge is -2.07. The monoisotopic (exact) mass is 283 g/mol. The predicted octanol–water partition coefficient (Wildman–Crippen LogP) is 3.00. The zero-order valence-corrected chi connectivity index (χ0v) is 11.1. The lowest BCUT2D eigenvalue weighted by Crippen LogP contribution is -2.04. The van der Waals surface area contributed by atoms with E-state index in [0.29, 0.717) is 12.1 Å². The molecule has 0 bridgehead atoms. The highest BCUT2D eigenvalue weighted by Gasteiger charge is 2.30. The predicted molar refractivity (Wildman–Crippen MR) is 71.0 cm³/mol. The van der Waals surface area contributed by atoms with Gasteiger partial charge in [-0.25, -0.2) is 0 Å². The summed E-state index contributed by atoms with van der Waals surface area (Å²) in [5.74, 6) is 0. The standard InChI is InChI=1S/C14H16F3N3/c1-20-13(9-12(19-20)3-2-8-18)10-4-6-11(7-5-10)14(15,16)17/h4-7,9H,2-3,8,18H2,1H3. The normalized spacial score (nSPS) is 11.8. The first-order valence-electron chi connectivity index (χ1n) is 6.32. The highest BCUT2D eigenvalue weighted by atomic mass is 19.4. The average Bonchev–Trinajstić information content (AvgIpc) is 2.77. The van der Waals surface area contributed by atoms with Crippen molar-refractivity contribution in [2.24, 2.45) is 12.8 Å². The molecule has 0 unspecified atom stereocenters. The van der Waals surface area contributed by atoms with Gasteiger partial charge in [0.2, 0.25) is 0 Å². The molecule has 3 nitrogen and oxygen atoms in total. The summed E-state index contributed by atoms with van der Waals surface area (Å²) in [6.45, 7) is 0.589. The fourth-order valence-electron chi connectivity index (χ4n) is 2.03. The minimum Gasteiger partial charge on any atom is -0.330 e. The first kappa shape index (κ1) is 14.6. The van der Waals surface area contributed by atoms with Gasteiger partial charge in [0.15, 0.2) is 0 Å². The number of hydrogen-bond donors (Lipinski definition) is 1. The number of alkyl halides is 3. The number of nitrogens with zero attached hydrogens (tertiary/aromatic N) is 2. The molecule has 0 fully saturated rings. The van der Waals surface area contributed by atoms with Gasteiger partial charge in [-0.2, -0.15) is 18.3 Å². The van der Waals surface area contributed by atoms with E-state index >= 15 is 0 Å². The molecule has 0 atom stereocenters. The molecule has 6 heteroatoms. The van der Waals surface area contributed by atoms with Crippen molar-refractivity contribution in [3.05, 3.63) is 41.6 Å². The third-order valence-corrected chi connectivity index (χ3v) is 3.08. The van der Waals surface area contributed by atoms with Crippen LogP contribution in [0.15, 0.2) is 30.3 Å². The van der Waals surface area contributed by atoms with Gasteiger partial charge in [-0.05, 0) is 43.1 Å². The lowest BCUT2D eigenvalue weighted by atomic mass is 10.1. The number of aromatic nitrogens is 2. The molecule has 20 heavy (non-hydrogen) atoms. The van der Waals surface area contributed by atoms with Crippen LogP contribution in [0.25, 0.3) is 11.3 Å². The minimum atomic E-state index is -4.31. The van der Waals surface area contributed by atoms with Crippen molar-refractivity contribution in [3.63, 3.8) is 0 Å². The molecule has 2 aromatic rings. The van der Waals surface area contributed by atoms with Gasteiger partial charge < -0.3 is 5.73 Å². The molecule has 0 aliphatic rings. The van der Waals surface area contributed by atoms with Gasteiger partial charge in [0, 0.05) is 7.05 Å². The van der Waals surface area contributed by atoms with Crippen LogP contribution in [0.3, 0.4) is 0 Å². The van der Waals surface area contributed by atoms with Crippen molar-refractivity contribution in [2.75, 3.05) is 6.54 Å². The van der Waals surface area contributed by atoms with Crippen LogP contribution in [-0.4, -0.2) is 16.3 Å². The summed E-state index contributed by atoms with van der Waals surface area (Å²) in [5, 5.41) is 4.33. The van der Waals surface area contributed by atoms with E-state index < -0.39 is 11.7 Å². The molecule has 1 heterocycles. The second kappa shape index (κ2) is 5.66. The smallest absolute Gasteiger partial charge is 0.330 e. The van der Waals surface area contributed by atoms with Crippen LogP contribution in [0.1, 0.15) is 17.7 Å². The van der Waals surface area contributed by atoms with E-state index in [-0.39, 0.29) is 0 Å². The second-order valence-electron chi connectivity index (χ2n) is 4.61. The summed E-state index contributed by atoms with van der Waals surface area (Å²) in [5.41, 5.74) is 7.21. The topological polar surface area (TPSA) is 43.8 Å². The van der Waals surface area contributed by atoms with Gasteiger partial charge in [-0.1, -0.05) is 12.1 Å². The van der Waals surface area contributed by atoms with E-state index in [2.05, 4.69) is 5.10 Å². The molecule has 0 amide bonds. The SMILES string of the molecule is Cn1nc(CCCN)cc1-c1ccc(C(F)(F)F)cc1. The molecule has 0 saturated heterocycles. The van der Waals surface area contributed by atoms with E-state index in [9.17, 15) is 13.2 Å². The molecule has 0 saturated carbocycles. The summed E-state index contributed by atoms with van der Waals surface area (Å²) in [7, 11) is 1.78. The van der Waals surface area contributed by atoms with Crippen LogP contribution in [0, 0.1) is 0 Å². The number of nitrogens with two attached hydrogens (primary N) is 1. The number of benzene rings is 1. The number of rotatable bonds is 4. The highest BCUT2D eigenvalue weighted by molar-refractivity contribution is 5.60. The van der Waals surface area contributed by atoms with Crippen LogP contribution in [0.4, 0.5) is 13.2 Å². The Labute approximate surface area is 115 Å². The quantitative estimate of drug-likeness (QED) is 0.937. The van der Waals surface area contributed by atoms with Crippen LogP contribution in [0.5, 0.6) is 0 Å². The largest absolute Gasteiger partial charge is 0.416 e. The first-order valence-corrected chi connectivity index (χ1v) is 6.32. The van der Waals surface area contributed by atoms with Gasteiger partial charge in [0.05, 0.1) is 17.0 Å². The van der Waals surface area contributed by atoms with E-state index in [4.69, 9.17) is 5.73 Å². The summed E-state index contributed by atoms with van der Waals surface area (Å²) in [6.07, 6.45) is -2.70. The van der Waals surface area contributed by atoms with Crippen LogP contribution < -0.4 is 5.73 Å². The van der Waals surface area contributed by atoms with E-state index in [1.165, 1.54) is 12.1 Å². The number of aryl methyl sites for hydroxylation is 2. The Hall–Kier alpha value is -1.82. The van der Waals surface area contributed by atoms with Gasteiger partial charge in [-0.15, -0.1) is 0 Å². The molecular formula is C14H16F3N3. The van der Waals surface area contributed by atoms with Crippen LogP contribution in [-0.2, 0) is 19.6 Å². The molecule has 2 rings (SSSR count). The minimum absolute atomic E-state index is 0.589. The molecule has 2 N–H and O–H groups in total. The van der Waals surface area contributed by atoms with Gasteiger partial charge in [0.25, 0.3) is 0 Å². The zero-order chi connectivity index (χ0) is 14.8. The Balaban J connectivity index is 2.25. The molecule has 108 valence electrons. The molecule has 0 spiro atoms. The first-order chi connectivity index (χ1) is 9.41. The van der Waals surface area contributed by atoms with E-state index in [1.54, 1.807) is 11.7 Å². The fourth-order valence-corrected chi connectivity index (χ4v) is 2.03. The Morgan fingerprint density at radius 3 is 2.40 bits per heavy atom. The van der Waals surface area contributed by atoms with Crippen molar-refractivity contribution in [1.29, 1.82) is 0 Å². The van der Waals surface area contributed by atoms with Crippen LogP contribution in [0.2, 0.25) is 0 Å². The molecule has 0 radical (unpaired) electrons. The molecule has 0 aliphatic heterocycles. The Morgan fingerprint density at radius 1 is 1.20 bits per heavy atom. The third kappa shape index (κ3) is 3.19. The van der Waals surface area contributed by atoms with Gasteiger partial charge in [0.1, 0.15) is 0 Å². The van der Waals surface area contributed by atoms with Crippen molar-refractivity contribution in [2.45, 2.75) is 19.0 Å². The van der Waals surface area contributed by atoms with E-state index in [0.717, 1.165) is 36.4 Å². The third-order valence-electron chi connectivity index (χ3n) is 3.08. The fraction of sp³-hybridized carbons (Fsp3) is 0.357. The van der Waals surface area contributed by atoms with Crippen molar-refractivity contribution in [1.82, 2.24) is 9.78 Å². The van der Waals surface area contributed by atoms with E-state index in [1.807, 2.05) is 6.07 Å². The summed E-state index contributed by atoms with van der Waals surface area (Å²) >= 11 is 0. The van der Waals surface area contributed by atoms with Crippen molar-refractivity contribution < 1.29 is 13.2 Å². The van der Waals surface area contributed by atoms with Gasteiger partial charge in [-0.3, -0.25) is 4.68 Å². The van der Waals surface area contributed by atoms with Gasteiger partial charge >= 0.3 is 6.18 Å². The number of halogens is 3. The van der Waals surface area contributed by atoms with Crippen LogP contribution >= 0.6 is 0 Å². The number of hydrogen-bond acceptors (Lipinski definition) is 2. The maximum atomic E-state index is 12.5. The maximum absolute atomic E-state index is 12.5. The second-order valence-corrected chi connectivity index (χ2v) is 4.61. The Bertz CT molecular complexity index is 570. The molecule has 1 aromatic carbocycles. The zero-order valence-electron chi connectivity index (χ0n) is 11.1. The molecular weight excluding hydrogens is 267 g/mol. The lowest BCUT2D eigenvalue weighted by molar-refractivity contribution is -0.137. The summed E-state index contributed by atoms with van der Waals surface area (Å²) in [6, 6.07) is 6.99. The summed E-state index contributed by atoms with van der Waals surface area (Å²) < 4.78 is 39.2. The Morgan fingerprint density at radius 2 is 1.85 bits per heavy atom.